The Morgan fingerprint density at radius 2 is 1.71 bits per heavy atom. The largest absolute Gasteiger partial charge is 0.383 e. The lowest BCUT2D eigenvalue weighted by Crippen LogP contribution is -2.36. The van der Waals surface area contributed by atoms with E-state index in [2.05, 4.69) is 0 Å². The molecule has 3 rings (SSSR count). The summed E-state index contributed by atoms with van der Waals surface area (Å²) in [6, 6.07) is 14.6. The predicted molar refractivity (Wildman–Crippen MR) is 105 cm³/mol. The van der Waals surface area contributed by atoms with Crippen LogP contribution < -0.4 is 4.18 Å². The molecule has 1 aliphatic heterocycles. The summed E-state index contributed by atoms with van der Waals surface area (Å²) in [5.41, 5.74) is 0.721. The minimum absolute atomic E-state index is 0.133. The first-order chi connectivity index (χ1) is 13.2. The van der Waals surface area contributed by atoms with E-state index in [0.29, 0.717) is 6.61 Å². The van der Waals surface area contributed by atoms with E-state index >= 15 is 0 Å². The highest BCUT2D eigenvalue weighted by Crippen LogP contribution is 2.23. The van der Waals surface area contributed by atoms with E-state index in [-0.39, 0.29) is 29.8 Å². The van der Waals surface area contributed by atoms with Crippen molar-refractivity contribution in [1.82, 2.24) is 4.31 Å². The van der Waals surface area contributed by atoms with Gasteiger partial charge in [0.05, 0.1) is 17.3 Å². The standard InChI is InChI=1S/C19H23NO6S2/c1-27(21,22)26-17-11-9-16(10-12-17)14-20(15-18-6-5-13-25-18)28(23,24)19-7-3-2-4-8-19/h2-4,7-12,18H,5-6,13-15H2,1H3. The molecule has 9 heteroatoms. The predicted octanol–water partition coefficient (Wildman–Crippen LogP) is 2.39. The topological polar surface area (TPSA) is 90.0 Å². The zero-order valence-corrected chi connectivity index (χ0v) is 17.2. The molecule has 0 N–H and O–H groups in total. The van der Waals surface area contributed by atoms with Gasteiger partial charge in [-0.3, -0.25) is 0 Å². The zero-order chi connectivity index (χ0) is 20.2. The summed E-state index contributed by atoms with van der Waals surface area (Å²) in [6.07, 6.45) is 2.58. The van der Waals surface area contributed by atoms with Crippen molar-refractivity contribution >= 4 is 20.1 Å². The number of benzene rings is 2. The molecule has 0 aromatic heterocycles. The second-order valence-corrected chi connectivity index (χ2v) is 10.2. The summed E-state index contributed by atoms with van der Waals surface area (Å²) < 4.78 is 60.6. The van der Waals surface area contributed by atoms with Gasteiger partial charge >= 0.3 is 10.1 Å². The molecule has 1 fully saturated rings. The number of hydrogen-bond acceptors (Lipinski definition) is 6. The summed E-state index contributed by atoms with van der Waals surface area (Å²) in [7, 11) is -7.31. The fraction of sp³-hybridized carbons (Fsp3) is 0.368. The lowest BCUT2D eigenvalue weighted by molar-refractivity contribution is 0.0926. The fourth-order valence-electron chi connectivity index (χ4n) is 3.03. The highest BCUT2D eigenvalue weighted by molar-refractivity contribution is 7.89. The third kappa shape index (κ3) is 5.54. The van der Waals surface area contributed by atoms with Gasteiger partial charge in [0.25, 0.3) is 0 Å². The molecule has 2 aromatic rings. The normalized spacial score (nSPS) is 17.7. The number of ether oxygens (including phenoxy) is 1. The number of nitrogens with zero attached hydrogens (tertiary/aromatic N) is 1. The SMILES string of the molecule is CS(=O)(=O)Oc1ccc(CN(CC2CCCO2)S(=O)(=O)c2ccccc2)cc1. The molecule has 0 radical (unpaired) electrons. The highest BCUT2D eigenvalue weighted by Gasteiger charge is 2.29. The lowest BCUT2D eigenvalue weighted by atomic mass is 10.2. The second-order valence-electron chi connectivity index (χ2n) is 6.68. The van der Waals surface area contributed by atoms with Crippen LogP contribution in [0.15, 0.2) is 59.5 Å². The Morgan fingerprint density at radius 3 is 2.29 bits per heavy atom. The van der Waals surface area contributed by atoms with Gasteiger partial charge in [-0.05, 0) is 42.7 Å². The first kappa shape index (κ1) is 20.8. The average Bonchev–Trinajstić information content (AvgIpc) is 3.15. The molecule has 28 heavy (non-hydrogen) atoms. The quantitative estimate of drug-likeness (QED) is 0.603. The van der Waals surface area contributed by atoms with Gasteiger partial charge < -0.3 is 8.92 Å². The van der Waals surface area contributed by atoms with Crippen LogP contribution >= 0.6 is 0 Å². The maximum absolute atomic E-state index is 13.1. The third-order valence-electron chi connectivity index (χ3n) is 4.34. The minimum atomic E-state index is -3.70. The van der Waals surface area contributed by atoms with Gasteiger partial charge in [0.1, 0.15) is 5.75 Å². The van der Waals surface area contributed by atoms with Gasteiger partial charge in [-0.25, -0.2) is 8.42 Å². The van der Waals surface area contributed by atoms with E-state index in [1.807, 2.05) is 0 Å². The average molecular weight is 426 g/mol. The second kappa shape index (κ2) is 8.60. The first-order valence-electron chi connectivity index (χ1n) is 8.89. The van der Waals surface area contributed by atoms with Crippen molar-refractivity contribution in [2.24, 2.45) is 0 Å². The van der Waals surface area contributed by atoms with Crippen LogP contribution in [0.25, 0.3) is 0 Å². The Hall–Kier alpha value is -1.94. The Bertz CT molecular complexity index is 982. The molecule has 0 amide bonds. The molecule has 1 heterocycles. The van der Waals surface area contributed by atoms with Gasteiger partial charge in [0, 0.05) is 19.7 Å². The monoisotopic (exact) mass is 425 g/mol. The molecule has 152 valence electrons. The molecule has 0 saturated carbocycles. The Kier molecular flexibility index (Phi) is 6.39. The number of sulfonamides is 1. The summed E-state index contributed by atoms with van der Waals surface area (Å²) in [6.45, 7) is 1.05. The van der Waals surface area contributed by atoms with E-state index in [1.165, 1.54) is 16.4 Å². The molecule has 0 bridgehead atoms. The van der Waals surface area contributed by atoms with Crippen molar-refractivity contribution in [3.63, 3.8) is 0 Å². The van der Waals surface area contributed by atoms with Crippen molar-refractivity contribution in [1.29, 1.82) is 0 Å². The van der Waals surface area contributed by atoms with Crippen molar-refractivity contribution in [2.75, 3.05) is 19.4 Å². The molecule has 1 unspecified atom stereocenters. The van der Waals surface area contributed by atoms with Crippen LogP contribution in [0, 0.1) is 0 Å². The lowest BCUT2D eigenvalue weighted by Gasteiger charge is -2.25. The zero-order valence-electron chi connectivity index (χ0n) is 15.5. The van der Waals surface area contributed by atoms with Crippen LogP contribution in [0.2, 0.25) is 0 Å². The Labute approximate surface area is 166 Å². The highest BCUT2D eigenvalue weighted by atomic mass is 32.2. The molecule has 0 aliphatic carbocycles. The maximum Gasteiger partial charge on any atom is 0.306 e. The molecule has 7 nitrogen and oxygen atoms in total. The van der Waals surface area contributed by atoms with Gasteiger partial charge in [0.2, 0.25) is 10.0 Å². The Balaban J connectivity index is 1.83. The fourth-order valence-corrected chi connectivity index (χ4v) is 4.97. The minimum Gasteiger partial charge on any atom is -0.383 e. The first-order valence-corrected chi connectivity index (χ1v) is 12.1. The van der Waals surface area contributed by atoms with Crippen molar-refractivity contribution in [3.8, 4) is 5.75 Å². The molecule has 1 saturated heterocycles. The molecular formula is C19H23NO6S2. The van der Waals surface area contributed by atoms with Gasteiger partial charge in [0.15, 0.2) is 0 Å². The molecule has 1 aliphatic rings. The number of hydrogen-bond donors (Lipinski definition) is 0. The third-order valence-corrected chi connectivity index (χ3v) is 6.66. The van der Waals surface area contributed by atoms with Crippen LogP contribution in [0.5, 0.6) is 5.75 Å². The van der Waals surface area contributed by atoms with Crippen LogP contribution in [-0.4, -0.2) is 46.7 Å². The van der Waals surface area contributed by atoms with Crippen molar-refractivity contribution in [2.45, 2.75) is 30.4 Å². The van der Waals surface area contributed by atoms with Gasteiger partial charge in [-0.2, -0.15) is 12.7 Å². The molecule has 0 spiro atoms. The van der Waals surface area contributed by atoms with E-state index in [1.54, 1.807) is 42.5 Å². The molecule has 2 aromatic carbocycles. The maximum atomic E-state index is 13.1. The molecule has 1 atom stereocenters. The van der Waals surface area contributed by atoms with Gasteiger partial charge in [-0.1, -0.05) is 30.3 Å². The smallest absolute Gasteiger partial charge is 0.306 e. The summed E-state index contributed by atoms with van der Waals surface area (Å²) in [4.78, 5) is 0.227. The van der Waals surface area contributed by atoms with E-state index in [4.69, 9.17) is 8.92 Å². The van der Waals surface area contributed by atoms with Crippen LogP contribution in [0.4, 0.5) is 0 Å². The summed E-state index contributed by atoms with van der Waals surface area (Å²) >= 11 is 0. The summed E-state index contributed by atoms with van der Waals surface area (Å²) in [5, 5.41) is 0. The Morgan fingerprint density at radius 1 is 1.04 bits per heavy atom. The van der Waals surface area contributed by atoms with Gasteiger partial charge in [-0.15, -0.1) is 0 Å². The van der Waals surface area contributed by atoms with E-state index in [9.17, 15) is 16.8 Å². The van der Waals surface area contributed by atoms with E-state index in [0.717, 1.165) is 24.7 Å². The van der Waals surface area contributed by atoms with Crippen LogP contribution in [0.1, 0.15) is 18.4 Å². The number of rotatable bonds is 8. The van der Waals surface area contributed by atoms with Crippen LogP contribution in [-0.2, 0) is 31.4 Å². The molecular weight excluding hydrogens is 402 g/mol. The van der Waals surface area contributed by atoms with Crippen LogP contribution in [0.3, 0.4) is 0 Å². The van der Waals surface area contributed by atoms with Crippen molar-refractivity contribution < 1.29 is 25.8 Å². The summed E-state index contributed by atoms with van der Waals surface area (Å²) in [5.74, 6) is 0.183. The van der Waals surface area contributed by atoms with Crippen molar-refractivity contribution in [3.05, 3.63) is 60.2 Å². The van der Waals surface area contributed by atoms with E-state index < -0.39 is 20.1 Å².